The summed E-state index contributed by atoms with van der Waals surface area (Å²) in [6, 6.07) is 0. The molecular weight excluding hydrogens is 429 g/mol. The SMILES string of the molecule is CCNC(=NCCCCN(CC)CC)NCCN(C)CCCOC.I. The van der Waals surface area contributed by atoms with E-state index in [0.29, 0.717) is 0 Å². The van der Waals surface area contributed by atoms with Crippen LogP contribution in [0.5, 0.6) is 0 Å². The van der Waals surface area contributed by atoms with Crippen molar-refractivity contribution in [1.29, 1.82) is 0 Å². The van der Waals surface area contributed by atoms with Crippen molar-refractivity contribution in [2.75, 3.05) is 73.1 Å². The number of nitrogens with zero attached hydrogens (tertiary/aromatic N) is 3. The Bertz CT molecular complexity index is 301. The Balaban J connectivity index is 0. The van der Waals surface area contributed by atoms with Crippen molar-refractivity contribution in [3.05, 3.63) is 0 Å². The van der Waals surface area contributed by atoms with Crippen LogP contribution in [0.1, 0.15) is 40.0 Å². The minimum Gasteiger partial charge on any atom is -0.385 e. The first-order valence-electron chi connectivity index (χ1n) is 9.59. The molecule has 0 aromatic rings. The molecule has 0 heterocycles. The Kier molecular flexibility index (Phi) is 21.9. The first-order valence-corrected chi connectivity index (χ1v) is 9.59. The molecule has 0 saturated heterocycles. The first-order chi connectivity index (χ1) is 11.7. The number of aliphatic imine (C=N–C) groups is 1. The fourth-order valence-electron chi connectivity index (χ4n) is 2.48. The van der Waals surface area contributed by atoms with E-state index < -0.39 is 0 Å². The third-order valence-electron chi connectivity index (χ3n) is 4.07. The quantitative estimate of drug-likeness (QED) is 0.166. The van der Waals surface area contributed by atoms with Crippen molar-refractivity contribution < 1.29 is 4.74 Å². The van der Waals surface area contributed by atoms with Gasteiger partial charge in [0, 0.05) is 46.4 Å². The summed E-state index contributed by atoms with van der Waals surface area (Å²) in [6.07, 6.45) is 3.44. The topological polar surface area (TPSA) is 52.1 Å². The Morgan fingerprint density at radius 1 is 0.960 bits per heavy atom. The number of methoxy groups -OCH3 is 1. The third-order valence-corrected chi connectivity index (χ3v) is 4.07. The normalized spacial score (nSPS) is 11.7. The second-order valence-electron chi connectivity index (χ2n) is 6.07. The van der Waals surface area contributed by atoms with Crippen LogP contribution in [0.4, 0.5) is 0 Å². The van der Waals surface area contributed by atoms with Crippen molar-refractivity contribution in [2.45, 2.75) is 40.0 Å². The molecule has 25 heavy (non-hydrogen) atoms. The Morgan fingerprint density at radius 2 is 1.68 bits per heavy atom. The van der Waals surface area contributed by atoms with Gasteiger partial charge >= 0.3 is 0 Å². The molecule has 0 spiro atoms. The van der Waals surface area contributed by atoms with Gasteiger partial charge in [0.15, 0.2) is 5.96 Å². The van der Waals surface area contributed by atoms with Crippen molar-refractivity contribution >= 4 is 29.9 Å². The molecule has 0 aromatic carbocycles. The second kappa shape index (κ2) is 20.2. The first kappa shape index (κ1) is 27.1. The monoisotopic (exact) mass is 471 g/mol. The van der Waals surface area contributed by atoms with Crippen LogP contribution in [0.25, 0.3) is 0 Å². The average Bonchev–Trinajstić information content (AvgIpc) is 2.58. The summed E-state index contributed by atoms with van der Waals surface area (Å²) in [5.74, 6) is 0.936. The van der Waals surface area contributed by atoms with Crippen LogP contribution in [0, 0.1) is 0 Å². The van der Waals surface area contributed by atoms with Gasteiger partial charge < -0.3 is 25.2 Å². The molecule has 0 amide bonds. The van der Waals surface area contributed by atoms with E-state index in [1.54, 1.807) is 7.11 Å². The number of hydrogen-bond acceptors (Lipinski definition) is 4. The lowest BCUT2D eigenvalue weighted by molar-refractivity contribution is 0.180. The van der Waals surface area contributed by atoms with Gasteiger partial charge in [0.2, 0.25) is 0 Å². The van der Waals surface area contributed by atoms with E-state index in [1.807, 2.05) is 0 Å². The lowest BCUT2D eigenvalue weighted by atomic mass is 10.3. The number of unbranched alkanes of at least 4 members (excludes halogenated alkanes) is 1. The molecule has 0 fully saturated rings. The molecule has 6 nitrogen and oxygen atoms in total. The van der Waals surface area contributed by atoms with E-state index in [9.17, 15) is 0 Å². The fraction of sp³-hybridized carbons (Fsp3) is 0.944. The summed E-state index contributed by atoms with van der Waals surface area (Å²) in [5, 5.41) is 6.74. The molecule has 7 heteroatoms. The molecule has 0 rings (SSSR count). The molecule has 0 unspecified atom stereocenters. The van der Waals surface area contributed by atoms with Gasteiger partial charge in [0.05, 0.1) is 0 Å². The highest BCUT2D eigenvalue weighted by molar-refractivity contribution is 14.0. The van der Waals surface area contributed by atoms with Crippen LogP contribution in [0.2, 0.25) is 0 Å². The Labute approximate surface area is 173 Å². The number of likely N-dealkylation sites (N-methyl/N-ethyl adjacent to an activating group) is 1. The van der Waals surface area contributed by atoms with Crippen molar-refractivity contribution in [3.8, 4) is 0 Å². The molecular formula is C18H42IN5O. The zero-order valence-corrected chi connectivity index (χ0v) is 19.5. The minimum absolute atomic E-state index is 0. The van der Waals surface area contributed by atoms with Gasteiger partial charge in [-0.25, -0.2) is 0 Å². The van der Waals surface area contributed by atoms with Gasteiger partial charge in [-0.2, -0.15) is 0 Å². The smallest absolute Gasteiger partial charge is 0.191 e. The highest BCUT2D eigenvalue weighted by atomic mass is 127. The summed E-state index contributed by atoms with van der Waals surface area (Å²) >= 11 is 0. The van der Waals surface area contributed by atoms with Crippen LogP contribution in [-0.2, 0) is 4.74 Å². The lowest BCUT2D eigenvalue weighted by Crippen LogP contribution is -2.41. The van der Waals surface area contributed by atoms with Crippen LogP contribution < -0.4 is 10.6 Å². The minimum atomic E-state index is 0. The van der Waals surface area contributed by atoms with E-state index in [-0.39, 0.29) is 24.0 Å². The number of rotatable bonds is 15. The Hall–Kier alpha value is -0.120. The van der Waals surface area contributed by atoms with Crippen molar-refractivity contribution in [1.82, 2.24) is 20.4 Å². The van der Waals surface area contributed by atoms with E-state index >= 15 is 0 Å². The molecule has 0 aliphatic rings. The highest BCUT2D eigenvalue weighted by Gasteiger charge is 2.01. The lowest BCUT2D eigenvalue weighted by Gasteiger charge is -2.18. The maximum Gasteiger partial charge on any atom is 0.191 e. The number of halogens is 1. The van der Waals surface area contributed by atoms with Crippen LogP contribution in [0.3, 0.4) is 0 Å². The molecule has 0 aliphatic heterocycles. The predicted molar refractivity (Wildman–Crippen MR) is 120 cm³/mol. The second-order valence-corrected chi connectivity index (χ2v) is 6.07. The largest absolute Gasteiger partial charge is 0.385 e. The molecule has 0 aliphatic carbocycles. The number of ether oxygens (including phenoxy) is 1. The highest BCUT2D eigenvalue weighted by Crippen LogP contribution is 1.95. The molecule has 2 N–H and O–H groups in total. The van der Waals surface area contributed by atoms with E-state index in [2.05, 4.69) is 53.2 Å². The maximum atomic E-state index is 5.09. The van der Waals surface area contributed by atoms with E-state index in [4.69, 9.17) is 4.74 Å². The number of guanidine groups is 1. The van der Waals surface area contributed by atoms with Gasteiger partial charge in [-0.3, -0.25) is 4.99 Å². The third kappa shape index (κ3) is 17.1. The summed E-state index contributed by atoms with van der Waals surface area (Å²) < 4.78 is 5.09. The fourth-order valence-corrected chi connectivity index (χ4v) is 2.48. The summed E-state index contributed by atoms with van der Waals surface area (Å²) in [5.41, 5.74) is 0. The van der Waals surface area contributed by atoms with Gasteiger partial charge in [0.1, 0.15) is 0 Å². The van der Waals surface area contributed by atoms with Crippen molar-refractivity contribution in [3.63, 3.8) is 0 Å². The molecule has 0 atom stereocenters. The van der Waals surface area contributed by atoms with Crippen LogP contribution in [0.15, 0.2) is 4.99 Å². The summed E-state index contributed by atoms with van der Waals surface area (Å²) in [7, 11) is 3.90. The van der Waals surface area contributed by atoms with Crippen LogP contribution >= 0.6 is 24.0 Å². The van der Waals surface area contributed by atoms with E-state index in [0.717, 1.165) is 71.2 Å². The molecule has 0 saturated carbocycles. The van der Waals surface area contributed by atoms with Gasteiger partial charge in [-0.05, 0) is 52.9 Å². The standard InChI is InChI=1S/C18H41N5O.HI/c1-6-19-18(20-12-9-10-15-23(7-2)8-3)21-13-16-22(4)14-11-17-24-5;/h6-17H2,1-5H3,(H2,19,20,21);1H. The summed E-state index contributed by atoms with van der Waals surface area (Å²) in [6.45, 7) is 15.6. The molecule has 152 valence electrons. The zero-order valence-electron chi connectivity index (χ0n) is 17.1. The van der Waals surface area contributed by atoms with Crippen LogP contribution in [-0.4, -0.2) is 88.9 Å². The molecule has 0 aromatic heterocycles. The van der Waals surface area contributed by atoms with Gasteiger partial charge in [-0.15, -0.1) is 24.0 Å². The Morgan fingerprint density at radius 3 is 2.28 bits per heavy atom. The van der Waals surface area contributed by atoms with E-state index in [1.165, 1.54) is 13.0 Å². The van der Waals surface area contributed by atoms with Gasteiger partial charge in [-0.1, -0.05) is 13.8 Å². The van der Waals surface area contributed by atoms with Crippen molar-refractivity contribution in [2.24, 2.45) is 4.99 Å². The average molecular weight is 471 g/mol. The number of nitrogens with one attached hydrogen (secondary N) is 2. The predicted octanol–water partition coefficient (Wildman–Crippen LogP) is 2.25. The number of hydrogen-bond donors (Lipinski definition) is 2. The summed E-state index contributed by atoms with van der Waals surface area (Å²) in [4.78, 5) is 9.46. The maximum absolute atomic E-state index is 5.09. The molecule has 0 bridgehead atoms. The molecule has 0 radical (unpaired) electrons. The van der Waals surface area contributed by atoms with Gasteiger partial charge in [0.25, 0.3) is 0 Å². The zero-order chi connectivity index (χ0) is 18.0.